The average molecular weight is 447 g/mol. The molecule has 0 saturated heterocycles. The monoisotopic (exact) mass is 446 g/mol. The Hall–Kier alpha value is -3.21. The van der Waals surface area contributed by atoms with Crippen LogP contribution in [-0.2, 0) is 30.6 Å². The fraction of sp³-hybridized carbons (Fsp3) is 0.393. The number of benzene rings is 2. The van der Waals surface area contributed by atoms with E-state index in [0.29, 0.717) is 6.61 Å². The van der Waals surface area contributed by atoms with E-state index in [4.69, 9.17) is 9.84 Å². The molecular weight excluding hydrogens is 412 g/mol. The first kappa shape index (κ1) is 23.0. The number of aryl methyl sites for hydroxylation is 1. The molecule has 0 unspecified atom stereocenters. The zero-order chi connectivity index (χ0) is 23.6. The molecule has 0 amide bonds. The first-order chi connectivity index (χ1) is 15.7. The molecule has 33 heavy (non-hydrogen) atoms. The molecule has 0 atom stereocenters. The van der Waals surface area contributed by atoms with Crippen molar-refractivity contribution in [3.05, 3.63) is 65.5 Å². The molecule has 0 fully saturated rings. The van der Waals surface area contributed by atoms with Crippen molar-refractivity contribution in [2.75, 3.05) is 6.61 Å². The number of aromatic amines is 1. The predicted octanol–water partition coefficient (Wildman–Crippen LogP) is 6.37. The molecule has 2 aromatic heterocycles. The third-order valence-electron chi connectivity index (χ3n) is 5.89. The van der Waals surface area contributed by atoms with Gasteiger partial charge in [-0.05, 0) is 59.2 Å². The number of nitrogens with one attached hydrogen (secondary N) is 1. The molecule has 0 aliphatic heterocycles. The van der Waals surface area contributed by atoms with Gasteiger partial charge in [-0.25, -0.2) is 0 Å². The molecule has 0 aliphatic rings. The van der Waals surface area contributed by atoms with Crippen molar-refractivity contribution in [1.29, 1.82) is 0 Å². The van der Waals surface area contributed by atoms with Crippen LogP contribution in [0.2, 0.25) is 0 Å². The molecule has 4 aromatic rings. The van der Waals surface area contributed by atoms with Gasteiger partial charge in [0.2, 0.25) is 0 Å². The zero-order valence-corrected chi connectivity index (χ0v) is 20.1. The summed E-state index contributed by atoms with van der Waals surface area (Å²) >= 11 is 0. The second-order valence-corrected chi connectivity index (χ2v) is 10.1. The van der Waals surface area contributed by atoms with Crippen LogP contribution >= 0.6 is 0 Å². The van der Waals surface area contributed by atoms with Gasteiger partial charge in [-0.15, -0.1) is 0 Å². The third kappa shape index (κ3) is 5.41. The minimum atomic E-state index is -0.813. The lowest BCUT2D eigenvalue weighted by Gasteiger charge is -2.20. The molecule has 0 spiro atoms. The van der Waals surface area contributed by atoms with Crippen LogP contribution in [0.15, 0.2) is 48.7 Å². The zero-order valence-electron chi connectivity index (χ0n) is 20.1. The lowest BCUT2D eigenvalue weighted by Crippen LogP contribution is -2.14. The van der Waals surface area contributed by atoms with Gasteiger partial charge >= 0.3 is 5.97 Å². The number of aromatic nitrogens is 2. The Kier molecular flexibility index (Phi) is 6.50. The van der Waals surface area contributed by atoms with Crippen molar-refractivity contribution in [2.24, 2.45) is 5.41 Å². The number of nitrogens with zero attached hydrogens (tertiary/aromatic N) is 1. The number of H-pyrrole nitrogens is 1. The number of carboxylic acid groups (broad SMARTS) is 1. The van der Waals surface area contributed by atoms with Gasteiger partial charge in [-0.2, -0.15) is 0 Å². The Balaban J connectivity index is 1.49. The number of carboxylic acids is 1. The van der Waals surface area contributed by atoms with E-state index in [0.717, 1.165) is 53.7 Å². The number of fused-ring (bicyclic) bond motifs is 2. The van der Waals surface area contributed by atoms with Gasteiger partial charge in [0.15, 0.2) is 0 Å². The lowest BCUT2D eigenvalue weighted by atomic mass is 9.97. The number of carbonyl (C=O) groups is 1. The second-order valence-electron chi connectivity index (χ2n) is 10.1. The fourth-order valence-corrected chi connectivity index (χ4v) is 4.54. The van der Waals surface area contributed by atoms with E-state index in [-0.39, 0.29) is 11.8 Å². The Morgan fingerprint density at radius 3 is 2.64 bits per heavy atom. The molecule has 0 radical (unpaired) electrons. The number of ether oxygens (including phenoxy) is 1. The van der Waals surface area contributed by atoms with Crippen LogP contribution in [0, 0.1) is 5.41 Å². The van der Waals surface area contributed by atoms with E-state index in [2.05, 4.69) is 67.7 Å². The van der Waals surface area contributed by atoms with E-state index in [9.17, 15) is 4.79 Å². The van der Waals surface area contributed by atoms with Crippen LogP contribution in [0.1, 0.15) is 50.9 Å². The third-order valence-corrected chi connectivity index (χ3v) is 5.89. The Labute approximate surface area is 195 Å². The molecular formula is C28H34N2O3. The van der Waals surface area contributed by atoms with E-state index in [1.165, 1.54) is 16.5 Å². The number of hydrogen-bond acceptors (Lipinski definition) is 2. The van der Waals surface area contributed by atoms with Gasteiger partial charge in [0, 0.05) is 46.8 Å². The molecule has 2 aromatic carbocycles. The van der Waals surface area contributed by atoms with Crippen LogP contribution in [0.5, 0.6) is 5.75 Å². The predicted molar refractivity (Wildman–Crippen MR) is 134 cm³/mol. The largest absolute Gasteiger partial charge is 0.493 e. The highest BCUT2D eigenvalue weighted by atomic mass is 16.5. The highest BCUT2D eigenvalue weighted by Crippen LogP contribution is 2.32. The molecule has 5 nitrogen and oxygen atoms in total. The van der Waals surface area contributed by atoms with Crippen LogP contribution in [0.3, 0.4) is 0 Å². The highest BCUT2D eigenvalue weighted by Gasteiger charge is 2.16. The second kappa shape index (κ2) is 9.34. The van der Waals surface area contributed by atoms with Crippen molar-refractivity contribution >= 4 is 27.8 Å². The normalized spacial score (nSPS) is 12.0. The van der Waals surface area contributed by atoms with Crippen molar-refractivity contribution in [2.45, 2.75) is 59.9 Å². The summed E-state index contributed by atoms with van der Waals surface area (Å²) < 4.78 is 8.63. The van der Waals surface area contributed by atoms with Gasteiger partial charge < -0.3 is 19.4 Å². The van der Waals surface area contributed by atoms with Crippen molar-refractivity contribution < 1.29 is 14.6 Å². The molecule has 0 saturated carbocycles. The minimum Gasteiger partial charge on any atom is -0.493 e. The SMILES string of the molecule is CCCc1c(OCCc2cc3cc(CC(=O)O)ccc3[nH]2)ccc2c1ccn2CC(C)(C)C. The van der Waals surface area contributed by atoms with Gasteiger partial charge in [0.05, 0.1) is 13.0 Å². The van der Waals surface area contributed by atoms with E-state index >= 15 is 0 Å². The average Bonchev–Trinajstić information content (AvgIpc) is 3.31. The maximum Gasteiger partial charge on any atom is 0.307 e. The van der Waals surface area contributed by atoms with Crippen molar-refractivity contribution in [3.8, 4) is 5.75 Å². The van der Waals surface area contributed by atoms with E-state index in [1.54, 1.807) is 0 Å². The summed E-state index contributed by atoms with van der Waals surface area (Å²) in [6, 6.07) is 14.4. The van der Waals surface area contributed by atoms with Crippen LogP contribution in [0.4, 0.5) is 0 Å². The minimum absolute atomic E-state index is 0.0414. The Morgan fingerprint density at radius 1 is 1.09 bits per heavy atom. The summed E-state index contributed by atoms with van der Waals surface area (Å²) in [5, 5.41) is 11.3. The first-order valence-corrected chi connectivity index (χ1v) is 11.8. The molecule has 4 rings (SSSR count). The Bertz CT molecular complexity index is 1270. The molecule has 2 heterocycles. The van der Waals surface area contributed by atoms with Gasteiger partial charge in [-0.3, -0.25) is 4.79 Å². The van der Waals surface area contributed by atoms with E-state index < -0.39 is 5.97 Å². The summed E-state index contributed by atoms with van der Waals surface area (Å²) in [6.45, 7) is 10.6. The van der Waals surface area contributed by atoms with Crippen LogP contribution in [-0.4, -0.2) is 27.2 Å². The molecule has 0 aliphatic carbocycles. The standard InChI is InChI=1S/C28H34N2O3/c1-5-6-23-22-11-13-30(18-28(2,3)4)25(22)9-10-26(23)33-14-12-21-17-20-15-19(16-27(31)32)7-8-24(20)29-21/h7-11,13,15,17,29H,5-6,12,14,16,18H2,1-4H3,(H,31,32). The topological polar surface area (TPSA) is 67.2 Å². The molecule has 5 heteroatoms. The van der Waals surface area contributed by atoms with E-state index in [1.807, 2.05) is 18.2 Å². The van der Waals surface area contributed by atoms with Gasteiger partial charge in [0.25, 0.3) is 0 Å². The Morgan fingerprint density at radius 2 is 1.91 bits per heavy atom. The quantitative estimate of drug-likeness (QED) is 0.314. The maximum absolute atomic E-state index is 11.0. The molecule has 2 N–H and O–H groups in total. The summed E-state index contributed by atoms with van der Waals surface area (Å²) in [7, 11) is 0. The summed E-state index contributed by atoms with van der Waals surface area (Å²) in [5.41, 5.74) is 5.71. The van der Waals surface area contributed by atoms with Crippen LogP contribution < -0.4 is 4.74 Å². The number of hydrogen-bond donors (Lipinski definition) is 2. The first-order valence-electron chi connectivity index (χ1n) is 11.8. The maximum atomic E-state index is 11.0. The number of rotatable bonds is 9. The van der Waals surface area contributed by atoms with Crippen molar-refractivity contribution in [1.82, 2.24) is 9.55 Å². The summed E-state index contributed by atoms with van der Waals surface area (Å²) in [6.07, 6.45) is 5.06. The lowest BCUT2D eigenvalue weighted by molar-refractivity contribution is -0.136. The van der Waals surface area contributed by atoms with Gasteiger partial charge in [-0.1, -0.05) is 40.2 Å². The highest BCUT2D eigenvalue weighted by molar-refractivity contribution is 5.86. The summed E-state index contributed by atoms with van der Waals surface area (Å²) in [5.74, 6) is 0.157. The summed E-state index contributed by atoms with van der Waals surface area (Å²) in [4.78, 5) is 14.4. The smallest absolute Gasteiger partial charge is 0.307 e. The fourth-order valence-electron chi connectivity index (χ4n) is 4.54. The van der Waals surface area contributed by atoms with Gasteiger partial charge in [0.1, 0.15) is 5.75 Å². The molecule has 174 valence electrons. The number of aliphatic carboxylic acids is 1. The van der Waals surface area contributed by atoms with Crippen molar-refractivity contribution in [3.63, 3.8) is 0 Å². The van der Waals surface area contributed by atoms with Crippen LogP contribution in [0.25, 0.3) is 21.8 Å². The molecule has 0 bridgehead atoms.